The van der Waals surface area contributed by atoms with Crippen molar-refractivity contribution in [3.63, 3.8) is 0 Å². The number of nitrogen functional groups attached to an aromatic ring is 1. The van der Waals surface area contributed by atoms with Crippen LogP contribution in [0.15, 0.2) is 48.8 Å². The minimum atomic E-state index is -0.236. The number of hydrogen-bond donors (Lipinski definition) is 2. The summed E-state index contributed by atoms with van der Waals surface area (Å²) in [6.45, 7) is -0.0567. The van der Waals surface area contributed by atoms with Gasteiger partial charge < -0.3 is 15.8 Å². The zero-order valence-electron chi connectivity index (χ0n) is 9.67. The van der Waals surface area contributed by atoms with Crippen LogP contribution in [0.4, 0.5) is 11.4 Å². The van der Waals surface area contributed by atoms with E-state index in [0.29, 0.717) is 17.1 Å². The van der Waals surface area contributed by atoms with Crippen LogP contribution in [0.1, 0.15) is 0 Å². The van der Waals surface area contributed by atoms with Gasteiger partial charge in [0, 0.05) is 11.9 Å². The van der Waals surface area contributed by atoms with Gasteiger partial charge in [-0.1, -0.05) is 0 Å². The summed E-state index contributed by atoms with van der Waals surface area (Å²) in [4.78, 5) is 15.5. The van der Waals surface area contributed by atoms with Crippen molar-refractivity contribution in [3.8, 4) is 5.75 Å². The molecule has 0 radical (unpaired) electrons. The van der Waals surface area contributed by atoms with Crippen molar-refractivity contribution < 1.29 is 9.53 Å². The van der Waals surface area contributed by atoms with Gasteiger partial charge in [-0.15, -0.1) is 0 Å². The van der Waals surface area contributed by atoms with Crippen LogP contribution < -0.4 is 15.8 Å². The Morgan fingerprint density at radius 3 is 2.72 bits per heavy atom. The number of rotatable bonds is 4. The second-order valence-electron chi connectivity index (χ2n) is 3.65. The Morgan fingerprint density at radius 1 is 1.28 bits per heavy atom. The number of ether oxygens (including phenoxy) is 1. The van der Waals surface area contributed by atoms with Crippen LogP contribution in [0, 0.1) is 0 Å². The fraction of sp³-hybridized carbons (Fsp3) is 0.0769. The molecule has 2 aromatic rings. The van der Waals surface area contributed by atoms with Crippen LogP contribution in [0.2, 0.25) is 0 Å². The van der Waals surface area contributed by atoms with Gasteiger partial charge in [0.2, 0.25) is 0 Å². The number of anilines is 2. The average Bonchev–Trinajstić information content (AvgIpc) is 2.39. The molecule has 0 saturated carbocycles. The Bertz CT molecular complexity index is 512. The van der Waals surface area contributed by atoms with Gasteiger partial charge in [-0.05, 0) is 36.4 Å². The number of nitrogens with one attached hydrogen (secondary N) is 1. The fourth-order valence-corrected chi connectivity index (χ4v) is 1.35. The number of amides is 1. The van der Waals surface area contributed by atoms with Gasteiger partial charge in [-0.25, -0.2) is 0 Å². The van der Waals surface area contributed by atoms with Gasteiger partial charge in [0.05, 0.1) is 11.9 Å². The van der Waals surface area contributed by atoms with Crippen molar-refractivity contribution in [3.05, 3.63) is 48.8 Å². The SMILES string of the molecule is Nc1ccc(OCC(=O)Nc2cccnc2)cc1. The molecule has 3 N–H and O–H groups in total. The van der Waals surface area contributed by atoms with Crippen molar-refractivity contribution in [2.24, 2.45) is 0 Å². The molecule has 2 rings (SSSR count). The van der Waals surface area contributed by atoms with Gasteiger partial charge >= 0.3 is 0 Å². The highest BCUT2D eigenvalue weighted by Gasteiger charge is 2.03. The lowest BCUT2D eigenvalue weighted by Crippen LogP contribution is -2.20. The maximum atomic E-state index is 11.6. The number of aromatic nitrogens is 1. The molecule has 18 heavy (non-hydrogen) atoms. The van der Waals surface area contributed by atoms with Crippen molar-refractivity contribution >= 4 is 17.3 Å². The van der Waals surface area contributed by atoms with Crippen molar-refractivity contribution in [2.45, 2.75) is 0 Å². The number of benzene rings is 1. The van der Waals surface area contributed by atoms with Gasteiger partial charge in [-0.3, -0.25) is 9.78 Å². The largest absolute Gasteiger partial charge is 0.484 e. The maximum Gasteiger partial charge on any atom is 0.262 e. The molecule has 1 heterocycles. The first kappa shape index (κ1) is 11.9. The van der Waals surface area contributed by atoms with E-state index in [1.807, 2.05) is 0 Å². The molecular formula is C13H13N3O2. The summed E-state index contributed by atoms with van der Waals surface area (Å²) in [5.41, 5.74) is 6.84. The molecule has 0 bridgehead atoms. The van der Waals surface area contributed by atoms with Gasteiger partial charge in [0.1, 0.15) is 5.75 Å². The highest BCUT2D eigenvalue weighted by atomic mass is 16.5. The number of carbonyl (C=O) groups is 1. The van der Waals surface area contributed by atoms with Crippen LogP contribution in [-0.2, 0) is 4.79 Å². The normalized spacial score (nSPS) is 9.78. The summed E-state index contributed by atoms with van der Waals surface area (Å²) in [5.74, 6) is 0.366. The summed E-state index contributed by atoms with van der Waals surface area (Å²) in [7, 11) is 0. The summed E-state index contributed by atoms with van der Waals surface area (Å²) in [5, 5.41) is 2.67. The van der Waals surface area contributed by atoms with Crippen molar-refractivity contribution in [1.29, 1.82) is 0 Å². The molecule has 1 aromatic carbocycles. The predicted octanol–water partition coefficient (Wildman–Crippen LogP) is 1.68. The van der Waals surface area contributed by atoms with E-state index in [-0.39, 0.29) is 12.5 Å². The fourth-order valence-electron chi connectivity index (χ4n) is 1.35. The summed E-state index contributed by atoms with van der Waals surface area (Å²) >= 11 is 0. The lowest BCUT2D eigenvalue weighted by atomic mass is 10.3. The summed E-state index contributed by atoms with van der Waals surface area (Å²) < 4.78 is 5.31. The summed E-state index contributed by atoms with van der Waals surface area (Å²) in [6, 6.07) is 10.4. The van der Waals surface area contributed by atoms with E-state index in [1.165, 1.54) is 0 Å². The first-order valence-corrected chi connectivity index (χ1v) is 5.42. The molecule has 0 fully saturated rings. The zero-order chi connectivity index (χ0) is 12.8. The first-order chi connectivity index (χ1) is 8.74. The lowest BCUT2D eigenvalue weighted by Gasteiger charge is -2.07. The van der Waals surface area contributed by atoms with Crippen LogP contribution in [0.25, 0.3) is 0 Å². The number of pyridine rings is 1. The first-order valence-electron chi connectivity index (χ1n) is 5.42. The Kier molecular flexibility index (Phi) is 3.76. The van der Waals surface area contributed by atoms with Crippen molar-refractivity contribution in [1.82, 2.24) is 4.98 Å². The third-order valence-electron chi connectivity index (χ3n) is 2.20. The standard InChI is InChI=1S/C13H13N3O2/c14-10-3-5-12(6-4-10)18-9-13(17)16-11-2-1-7-15-8-11/h1-8H,9,14H2,(H,16,17). The number of nitrogens with zero attached hydrogens (tertiary/aromatic N) is 1. The van der Waals surface area contributed by atoms with E-state index in [2.05, 4.69) is 10.3 Å². The Hall–Kier alpha value is -2.56. The Morgan fingerprint density at radius 2 is 2.06 bits per heavy atom. The van der Waals surface area contributed by atoms with E-state index < -0.39 is 0 Å². The van der Waals surface area contributed by atoms with Crippen LogP contribution in [-0.4, -0.2) is 17.5 Å². The zero-order valence-corrected chi connectivity index (χ0v) is 9.67. The minimum absolute atomic E-state index is 0.0567. The molecule has 1 amide bonds. The van der Waals surface area contributed by atoms with Gasteiger partial charge in [0.25, 0.3) is 5.91 Å². The van der Waals surface area contributed by atoms with E-state index in [0.717, 1.165) is 0 Å². The highest BCUT2D eigenvalue weighted by Crippen LogP contribution is 2.13. The molecule has 5 nitrogen and oxygen atoms in total. The van der Waals surface area contributed by atoms with Crippen LogP contribution in [0.3, 0.4) is 0 Å². The van der Waals surface area contributed by atoms with Gasteiger partial charge in [-0.2, -0.15) is 0 Å². The Labute approximate surface area is 105 Å². The molecule has 1 aromatic heterocycles. The number of hydrogen-bond acceptors (Lipinski definition) is 4. The Balaban J connectivity index is 1.83. The van der Waals surface area contributed by atoms with Crippen LogP contribution >= 0.6 is 0 Å². The number of nitrogens with two attached hydrogens (primary N) is 1. The van der Waals surface area contributed by atoms with E-state index in [4.69, 9.17) is 10.5 Å². The van der Waals surface area contributed by atoms with E-state index in [9.17, 15) is 4.79 Å². The molecule has 0 aliphatic rings. The molecular weight excluding hydrogens is 230 g/mol. The van der Waals surface area contributed by atoms with E-state index >= 15 is 0 Å². The molecule has 0 aliphatic heterocycles. The van der Waals surface area contributed by atoms with Crippen molar-refractivity contribution in [2.75, 3.05) is 17.7 Å². The molecule has 0 spiro atoms. The molecule has 92 valence electrons. The smallest absolute Gasteiger partial charge is 0.262 e. The molecule has 0 saturated heterocycles. The topological polar surface area (TPSA) is 77.2 Å². The monoisotopic (exact) mass is 243 g/mol. The van der Waals surface area contributed by atoms with Crippen LogP contribution in [0.5, 0.6) is 5.75 Å². The quantitative estimate of drug-likeness (QED) is 0.801. The third kappa shape index (κ3) is 3.48. The molecule has 0 unspecified atom stereocenters. The summed E-state index contributed by atoms with van der Waals surface area (Å²) in [6.07, 6.45) is 3.21. The predicted molar refractivity (Wildman–Crippen MR) is 69.2 cm³/mol. The maximum absolute atomic E-state index is 11.6. The lowest BCUT2D eigenvalue weighted by molar-refractivity contribution is -0.118. The number of carbonyl (C=O) groups excluding carboxylic acids is 1. The minimum Gasteiger partial charge on any atom is -0.484 e. The molecule has 5 heteroatoms. The van der Waals surface area contributed by atoms with Gasteiger partial charge in [0.15, 0.2) is 6.61 Å². The molecule has 0 aliphatic carbocycles. The third-order valence-corrected chi connectivity index (χ3v) is 2.20. The second-order valence-corrected chi connectivity index (χ2v) is 3.65. The average molecular weight is 243 g/mol. The highest BCUT2D eigenvalue weighted by molar-refractivity contribution is 5.91. The second kappa shape index (κ2) is 5.67. The van der Waals surface area contributed by atoms with E-state index in [1.54, 1.807) is 48.8 Å². The molecule has 0 atom stereocenters.